The van der Waals surface area contributed by atoms with E-state index in [0.717, 1.165) is 16.6 Å². The Balaban J connectivity index is 2.63. The number of thiophene rings is 1. The predicted molar refractivity (Wildman–Crippen MR) is 71.9 cm³/mol. The molecule has 0 saturated carbocycles. The van der Waals surface area contributed by atoms with Gasteiger partial charge in [-0.05, 0) is 25.8 Å². The van der Waals surface area contributed by atoms with Crippen molar-refractivity contribution in [1.82, 2.24) is 9.97 Å². The van der Waals surface area contributed by atoms with E-state index in [4.69, 9.17) is 16.3 Å². The number of hydrogen-bond donors (Lipinski definition) is 0. The third-order valence-electron chi connectivity index (χ3n) is 2.95. The van der Waals surface area contributed by atoms with Gasteiger partial charge in [0.15, 0.2) is 5.82 Å². The van der Waals surface area contributed by atoms with Crippen molar-refractivity contribution in [3.63, 3.8) is 0 Å². The summed E-state index contributed by atoms with van der Waals surface area (Å²) in [6.07, 6.45) is 0.751. The summed E-state index contributed by atoms with van der Waals surface area (Å²) in [6.45, 7) is 6.17. The summed E-state index contributed by atoms with van der Waals surface area (Å²) in [4.78, 5) is 11.1. The van der Waals surface area contributed by atoms with Gasteiger partial charge in [0.05, 0.1) is 5.39 Å². The number of hydrogen-bond acceptors (Lipinski definition) is 4. The Morgan fingerprint density at radius 2 is 2.06 bits per heavy atom. The lowest BCUT2D eigenvalue weighted by Crippen LogP contribution is -2.05. The molecular weight excluding hydrogens is 256 g/mol. The van der Waals surface area contributed by atoms with Crippen LogP contribution in [0.3, 0.4) is 0 Å². The highest BCUT2D eigenvalue weighted by Gasteiger charge is 2.17. The summed E-state index contributed by atoms with van der Waals surface area (Å²) >= 11 is 7.89. The zero-order valence-corrected chi connectivity index (χ0v) is 11.9. The van der Waals surface area contributed by atoms with Gasteiger partial charge in [-0.1, -0.05) is 18.5 Å². The van der Waals surface area contributed by atoms with Crippen molar-refractivity contribution in [2.45, 2.75) is 33.3 Å². The van der Waals surface area contributed by atoms with Gasteiger partial charge in [-0.2, -0.15) is 0 Å². The number of halogens is 1. The van der Waals surface area contributed by atoms with Crippen molar-refractivity contribution < 1.29 is 4.74 Å². The normalized spacial score (nSPS) is 13.2. The zero-order chi connectivity index (χ0) is 12.6. The van der Waals surface area contributed by atoms with E-state index >= 15 is 0 Å². The molecular formula is C12H15ClN2OS. The predicted octanol–water partition coefficient (Wildman–Crippen LogP) is 4.06. The van der Waals surface area contributed by atoms with Crippen molar-refractivity contribution in [1.29, 1.82) is 0 Å². The van der Waals surface area contributed by atoms with Gasteiger partial charge in [-0.25, -0.2) is 9.97 Å². The maximum atomic E-state index is 6.24. The Hall–Kier alpha value is -0.710. The molecule has 1 atom stereocenters. The topological polar surface area (TPSA) is 35.0 Å². The van der Waals surface area contributed by atoms with E-state index < -0.39 is 0 Å². The number of fused-ring (bicyclic) bond motifs is 1. The number of aryl methyl sites for hydroxylation is 2. The molecule has 1 unspecified atom stereocenters. The fourth-order valence-corrected chi connectivity index (χ4v) is 3.22. The molecule has 17 heavy (non-hydrogen) atoms. The molecule has 0 aliphatic carbocycles. The second kappa shape index (κ2) is 4.88. The van der Waals surface area contributed by atoms with Gasteiger partial charge in [-0.15, -0.1) is 11.3 Å². The SMILES string of the molecule is CCC(OC)c1nc(Cl)c2c(C)c(C)sc2n1. The lowest BCUT2D eigenvalue weighted by Gasteiger charge is -2.11. The molecule has 2 heterocycles. The first kappa shape index (κ1) is 12.7. The lowest BCUT2D eigenvalue weighted by atomic mass is 10.2. The van der Waals surface area contributed by atoms with Crippen LogP contribution in [0.15, 0.2) is 0 Å². The van der Waals surface area contributed by atoms with E-state index in [0.29, 0.717) is 11.0 Å². The summed E-state index contributed by atoms with van der Waals surface area (Å²) in [7, 11) is 1.67. The molecule has 0 fully saturated rings. The van der Waals surface area contributed by atoms with Crippen LogP contribution in [0, 0.1) is 13.8 Å². The Morgan fingerprint density at radius 3 is 2.65 bits per heavy atom. The number of rotatable bonds is 3. The van der Waals surface area contributed by atoms with E-state index in [1.165, 1.54) is 10.4 Å². The summed E-state index contributed by atoms with van der Waals surface area (Å²) in [6, 6.07) is 0. The van der Waals surface area contributed by atoms with Gasteiger partial charge in [-0.3, -0.25) is 0 Å². The molecule has 0 saturated heterocycles. The van der Waals surface area contributed by atoms with E-state index in [1.807, 2.05) is 6.92 Å². The monoisotopic (exact) mass is 270 g/mol. The molecule has 0 amide bonds. The molecule has 0 bridgehead atoms. The van der Waals surface area contributed by atoms with Crippen LogP contribution in [-0.4, -0.2) is 17.1 Å². The highest BCUT2D eigenvalue weighted by molar-refractivity contribution is 7.18. The lowest BCUT2D eigenvalue weighted by molar-refractivity contribution is 0.0929. The molecule has 2 rings (SSSR count). The van der Waals surface area contributed by atoms with Crippen molar-refractivity contribution in [2.75, 3.05) is 7.11 Å². The molecule has 0 spiro atoms. The summed E-state index contributed by atoms with van der Waals surface area (Å²) in [5, 5.41) is 1.51. The summed E-state index contributed by atoms with van der Waals surface area (Å²) < 4.78 is 5.35. The molecule has 2 aromatic heterocycles. The Morgan fingerprint density at radius 1 is 1.35 bits per heavy atom. The molecule has 0 aromatic carbocycles. The average Bonchev–Trinajstić information content (AvgIpc) is 2.57. The minimum Gasteiger partial charge on any atom is -0.373 e. The van der Waals surface area contributed by atoms with Crippen molar-refractivity contribution in [2.24, 2.45) is 0 Å². The van der Waals surface area contributed by atoms with Crippen LogP contribution in [0.25, 0.3) is 10.2 Å². The van der Waals surface area contributed by atoms with Gasteiger partial charge in [0.1, 0.15) is 16.1 Å². The third kappa shape index (κ3) is 2.17. The molecule has 0 aliphatic heterocycles. The number of aromatic nitrogens is 2. The molecule has 92 valence electrons. The Kier molecular flexibility index (Phi) is 3.66. The Bertz CT molecular complexity index is 549. The number of nitrogens with zero attached hydrogens (tertiary/aromatic N) is 2. The smallest absolute Gasteiger partial charge is 0.160 e. The highest BCUT2D eigenvalue weighted by Crippen LogP contribution is 2.34. The maximum absolute atomic E-state index is 6.24. The fourth-order valence-electron chi connectivity index (χ4n) is 1.81. The van der Waals surface area contributed by atoms with Crippen LogP contribution in [-0.2, 0) is 4.74 Å². The largest absolute Gasteiger partial charge is 0.373 e. The average molecular weight is 271 g/mol. The summed E-state index contributed by atoms with van der Waals surface area (Å²) in [5.41, 5.74) is 1.17. The molecule has 0 radical (unpaired) electrons. The minimum atomic E-state index is -0.0837. The highest BCUT2D eigenvalue weighted by atomic mass is 35.5. The van der Waals surface area contributed by atoms with Crippen LogP contribution in [0.5, 0.6) is 0 Å². The van der Waals surface area contributed by atoms with Gasteiger partial charge in [0.2, 0.25) is 0 Å². The first-order valence-electron chi connectivity index (χ1n) is 5.54. The summed E-state index contributed by atoms with van der Waals surface area (Å²) in [5.74, 6) is 0.675. The molecule has 0 aliphatic rings. The van der Waals surface area contributed by atoms with Crippen molar-refractivity contribution in [3.05, 3.63) is 21.4 Å². The first-order chi connectivity index (χ1) is 8.08. The molecule has 3 nitrogen and oxygen atoms in total. The van der Waals surface area contributed by atoms with Gasteiger partial charge >= 0.3 is 0 Å². The quantitative estimate of drug-likeness (QED) is 0.789. The van der Waals surface area contributed by atoms with Crippen LogP contribution >= 0.6 is 22.9 Å². The number of ether oxygens (including phenoxy) is 1. The molecule has 0 N–H and O–H groups in total. The number of methoxy groups -OCH3 is 1. The van der Waals surface area contributed by atoms with Crippen LogP contribution < -0.4 is 0 Å². The molecule has 5 heteroatoms. The van der Waals surface area contributed by atoms with Crippen molar-refractivity contribution >= 4 is 33.2 Å². The van der Waals surface area contributed by atoms with Gasteiger partial charge < -0.3 is 4.74 Å². The minimum absolute atomic E-state index is 0.0837. The fraction of sp³-hybridized carbons (Fsp3) is 0.500. The van der Waals surface area contributed by atoms with E-state index in [2.05, 4.69) is 23.8 Å². The second-order valence-corrected chi connectivity index (χ2v) is 5.53. The third-order valence-corrected chi connectivity index (χ3v) is 4.32. The van der Waals surface area contributed by atoms with Gasteiger partial charge in [0, 0.05) is 12.0 Å². The van der Waals surface area contributed by atoms with Gasteiger partial charge in [0.25, 0.3) is 0 Å². The maximum Gasteiger partial charge on any atom is 0.160 e. The molecule has 2 aromatic rings. The van der Waals surface area contributed by atoms with E-state index in [1.54, 1.807) is 18.4 Å². The van der Waals surface area contributed by atoms with Crippen LogP contribution in [0.2, 0.25) is 5.15 Å². The van der Waals surface area contributed by atoms with Crippen LogP contribution in [0.1, 0.15) is 35.7 Å². The van der Waals surface area contributed by atoms with Crippen LogP contribution in [0.4, 0.5) is 0 Å². The van der Waals surface area contributed by atoms with Crippen molar-refractivity contribution in [3.8, 4) is 0 Å². The standard InChI is InChI=1S/C12H15ClN2OS/c1-5-8(16-4)11-14-10(13)9-6(2)7(3)17-12(9)15-11/h8H,5H2,1-4H3. The second-order valence-electron chi connectivity index (χ2n) is 3.97. The van der Waals surface area contributed by atoms with E-state index in [-0.39, 0.29) is 6.10 Å². The first-order valence-corrected chi connectivity index (χ1v) is 6.73. The zero-order valence-electron chi connectivity index (χ0n) is 10.4. The van der Waals surface area contributed by atoms with E-state index in [9.17, 15) is 0 Å². The Labute approximate surface area is 110 Å².